The highest BCUT2D eigenvalue weighted by Gasteiger charge is 2.16. The smallest absolute Gasteiger partial charge is 0.275 e. The van der Waals surface area contributed by atoms with Crippen molar-refractivity contribution in [1.82, 2.24) is 9.97 Å². The first-order valence-corrected chi connectivity index (χ1v) is 9.98. The number of nitrogens with zero attached hydrogens (tertiary/aromatic N) is 3. The van der Waals surface area contributed by atoms with E-state index < -0.39 is 0 Å². The third kappa shape index (κ3) is 5.19. The van der Waals surface area contributed by atoms with E-state index >= 15 is 0 Å². The highest BCUT2D eigenvalue weighted by atomic mass is 16.1. The predicted octanol–water partition coefficient (Wildman–Crippen LogP) is 5.27. The van der Waals surface area contributed by atoms with Gasteiger partial charge in [0.1, 0.15) is 11.5 Å². The van der Waals surface area contributed by atoms with E-state index in [1.54, 1.807) is 12.4 Å². The Bertz CT molecular complexity index is 937. The zero-order valence-corrected chi connectivity index (χ0v) is 17.5. The fourth-order valence-corrected chi connectivity index (χ4v) is 3.20. The van der Waals surface area contributed by atoms with Gasteiger partial charge in [-0.1, -0.05) is 62.4 Å². The zero-order chi connectivity index (χ0) is 20.8. The number of rotatable bonds is 7. The van der Waals surface area contributed by atoms with Crippen molar-refractivity contribution in [1.29, 1.82) is 0 Å². The van der Waals surface area contributed by atoms with Crippen LogP contribution in [0.5, 0.6) is 0 Å². The molecule has 29 heavy (non-hydrogen) atoms. The highest BCUT2D eigenvalue weighted by Crippen LogP contribution is 2.24. The molecular weight excluding hydrogens is 360 g/mol. The highest BCUT2D eigenvalue weighted by molar-refractivity contribution is 6.03. The SMILES string of the molecule is CC(C)c1ccccc1NC(=O)c1cnc(N(Cc2ccccc2)C(C)C)cn1. The van der Waals surface area contributed by atoms with Crippen LogP contribution < -0.4 is 10.2 Å². The number of benzene rings is 2. The molecule has 0 aliphatic heterocycles. The second-order valence-corrected chi connectivity index (χ2v) is 7.66. The molecule has 3 aromatic rings. The van der Waals surface area contributed by atoms with E-state index in [1.807, 2.05) is 42.5 Å². The molecule has 1 N–H and O–H groups in total. The van der Waals surface area contributed by atoms with Crippen LogP contribution in [-0.4, -0.2) is 21.9 Å². The van der Waals surface area contributed by atoms with E-state index in [0.717, 1.165) is 23.6 Å². The number of amides is 1. The van der Waals surface area contributed by atoms with Gasteiger partial charge in [-0.2, -0.15) is 0 Å². The average molecular weight is 389 g/mol. The molecule has 0 radical (unpaired) electrons. The molecule has 1 aromatic heterocycles. The van der Waals surface area contributed by atoms with Crippen molar-refractivity contribution in [2.45, 2.75) is 46.2 Å². The van der Waals surface area contributed by atoms with Crippen molar-refractivity contribution < 1.29 is 4.79 Å². The van der Waals surface area contributed by atoms with Crippen molar-refractivity contribution in [2.75, 3.05) is 10.2 Å². The molecule has 1 heterocycles. The Morgan fingerprint density at radius 1 is 0.931 bits per heavy atom. The second-order valence-electron chi connectivity index (χ2n) is 7.66. The summed E-state index contributed by atoms with van der Waals surface area (Å²) in [5, 5.41) is 2.96. The lowest BCUT2D eigenvalue weighted by Gasteiger charge is -2.27. The van der Waals surface area contributed by atoms with E-state index in [4.69, 9.17) is 0 Å². The molecular formula is C24H28N4O. The average Bonchev–Trinajstić information content (AvgIpc) is 2.73. The van der Waals surface area contributed by atoms with Gasteiger partial charge in [0.05, 0.1) is 12.4 Å². The minimum absolute atomic E-state index is 0.252. The first kappa shape index (κ1) is 20.5. The van der Waals surface area contributed by atoms with Crippen molar-refractivity contribution in [3.63, 3.8) is 0 Å². The van der Waals surface area contributed by atoms with Gasteiger partial charge in [0.25, 0.3) is 5.91 Å². The standard InChI is InChI=1S/C24H28N4O/c1-17(2)20-12-8-9-13-21(20)27-24(29)22-14-26-23(15-25-22)28(18(3)4)16-19-10-6-5-7-11-19/h5-15,17-18H,16H2,1-4H3,(H,27,29). The van der Waals surface area contributed by atoms with Crippen LogP contribution in [-0.2, 0) is 6.54 Å². The summed E-state index contributed by atoms with van der Waals surface area (Å²) in [6.45, 7) is 9.18. The molecule has 0 bridgehead atoms. The normalized spacial score (nSPS) is 11.0. The minimum atomic E-state index is -0.253. The van der Waals surface area contributed by atoms with Crippen molar-refractivity contribution in [3.05, 3.63) is 83.8 Å². The minimum Gasteiger partial charge on any atom is -0.349 e. The maximum atomic E-state index is 12.7. The molecule has 150 valence electrons. The molecule has 0 unspecified atom stereocenters. The summed E-state index contributed by atoms with van der Waals surface area (Å²) >= 11 is 0. The van der Waals surface area contributed by atoms with Crippen LogP contribution in [0, 0.1) is 0 Å². The first-order valence-electron chi connectivity index (χ1n) is 9.98. The topological polar surface area (TPSA) is 58.1 Å². The fourth-order valence-electron chi connectivity index (χ4n) is 3.20. The number of para-hydroxylation sites is 1. The summed E-state index contributed by atoms with van der Waals surface area (Å²) in [5.74, 6) is 0.817. The van der Waals surface area contributed by atoms with Gasteiger partial charge in [-0.3, -0.25) is 4.79 Å². The van der Waals surface area contributed by atoms with Gasteiger partial charge < -0.3 is 10.2 Å². The molecule has 0 atom stereocenters. The molecule has 0 aliphatic rings. The van der Waals surface area contributed by atoms with E-state index in [1.165, 1.54) is 5.56 Å². The van der Waals surface area contributed by atoms with Gasteiger partial charge in [-0.15, -0.1) is 0 Å². The summed E-state index contributed by atoms with van der Waals surface area (Å²) in [4.78, 5) is 23.7. The maximum absolute atomic E-state index is 12.7. The molecule has 0 spiro atoms. The van der Waals surface area contributed by atoms with Crippen LogP contribution >= 0.6 is 0 Å². The number of aromatic nitrogens is 2. The molecule has 5 nitrogen and oxygen atoms in total. The Balaban J connectivity index is 1.75. The Kier molecular flexibility index (Phi) is 6.60. The van der Waals surface area contributed by atoms with Crippen LogP contribution in [0.3, 0.4) is 0 Å². The number of hydrogen-bond acceptors (Lipinski definition) is 4. The summed E-state index contributed by atoms with van der Waals surface area (Å²) in [6, 6.07) is 18.3. The number of carbonyl (C=O) groups is 1. The van der Waals surface area contributed by atoms with Crippen LogP contribution in [0.15, 0.2) is 67.0 Å². The Labute approximate surface area is 172 Å². The van der Waals surface area contributed by atoms with Crippen molar-refractivity contribution in [3.8, 4) is 0 Å². The molecule has 0 fully saturated rings. The third-order valence-corrected chi connectivity index (χ3v) is 4.82. The Hall–Kier alpha value is -3.21. The van der Waals surface area contributed by atoms with Crippen molar-refractivity contribution in [2.24, 2.45) is 0 Å². The Morgan fingerprint density at radius 3 is 2.24 bits per heavy atom. The van der Waals surface area contributed by atoms with E-state index in [-0.39, 0.29) is 11.9 Å². The number of nitrogens with one attached hydrogen (secondary N) is 1. The number of anilines is 2. The lowest BCUT2D eigenvalue weighted by atomic mass is 10.0. The number of hydrogen-bond donors (Lipinski definition) is 1. The van der Waals surface area contributed by atoms with Crippen LogP contribution in [0.4, 0.5) is 11.5 Å². The molecule has 0 aliphatic carbocycles. The quantitative estimate of drug-likeness (QED) is 0.599. The predicted molar refractivity (Wildman–Crippen MR) is 118 cm³/mol. The first-order chi connectivity index (χ1) is 14.0. The van der Waals surface area contributed by atoms with Crippen LogP contribution in [0.2, 0.25) is 0 Å². The van der Waals surface area contributed by atoms with E-state index in [0.29, 0.717) is 11.6 Å². The Morgan fingerprint density at radius 2 is 1.62 bits per heavy atom. The van der Waals surface area contributed by atoms with Gasteiger partial charge in [0.2, 0.25) is 0 Å². The van der Waals surface area contributed by atoms with Crippen LogP contribution in [0.25, 0.3) is 0 Å². The lowest BCUT2D eigenvalue weighted by Crippen LogP contribution is -2.31. The van der Waals surface area contributed by atoms with E-state index in [9.17, 15) is 4.79 Å². The van der Waals surface area contributed by atoms with Gasteiger partial charge in [-0.05, 0) is 37.0 Å². The molecule has 2 aromatic carbocycles. The molecule has 0 saturated heterocycles. The lowest BCUT2D eigenvalue weighted by molar-refractivity contribution is 0.102. The van der Waals surface area contributed by atoms with Gasteiger partial charge in [0.15, 0.2) is 0 Å². The van der Waals surface area contributed by atoms with E-state index in [2.05, 4.69) is 60.0 Å². The fraction of sp³-hybridized carbons (Fsp3) is 0.292. The molecule has 3 rings (SSSR count). The zero-order valence-electron chi connectivity index (χ0n) is 17.5. The van der Waals surface area contributed by atoms with Crippen molar-refractivity contribution >= 4 is 17.4 Å². The summed E-state index contributed by atoms with van der Waals surface area (Å²) in [6.07, 6.45) is 3.22. The molecule has 1 amide bonds. The molecule has 0 saturated carbocycles. The summed E-state index contributed by atoms with van der Waals surface area (Å²) < 4.78 is 0. The van der Waals surface area contributed by atoms with Crippen LogP contribution in [0.1, 0.15) is 55.2 Å². The van der Waals surface area contributed by atoms with Gasteiger partial charge in [-0.25, -0.2) is 9.97 Å². The summed E-state index contributed by atoms with van der Waals surface area (Å²) in [7, 11) is 0. The van der Waals surface area contributed by atoms with Gasteiger partial charge in [0, 0.05) is 18.3 Å². The number of carbonyl (C=O) groups excluding carboxylic acids is 1. The monoisotopic (exact) mass is 388 g/mol. The van der Waals surface area contributed by atoms with Gasteiger partial charge >= 0.3 is 0 Å². The third-order valence-electron chi connectivity index (χ3n) is 4.82. The largest absolute Gasteiger partial charge is 0.349 e. The maximum Gasteiger partial charge on any atom is 0.275 e. The second kappa shape index (κ2) is 9.32. The molecule has 5 heteroatoms. The summed E-state index contributed by atoms with van der Waals surface area (Å²) in [5.41, 5.74) is 3.41.